The number of fused-ring (bicyclic) bond motifs is 5. The van der Waals surface area contributed by atoms with Crippen molar-refractivity contribution in [2.24, 2.45) is 0 Å². The Bertz CT molecular complexity index is 614. The standard InChI is InChI=1S/C17H16O2.2C2H6/c1-11-3-5-13-14-6-4-12(2)10-16(14)17(15(13)9-11)18-7-8-19-17;2*1-2/h3-6,9-10H,7-8H2,1-2H3;2*1-2H3. The van der Waals surface area contributed by atoms with Crippen molar-refractivity contribution >= 4 is 0 Å². The second-order valence-corrected chi connectivity index (χ2v) is 5.41. The monoisotopic (exact) mass is 312 g/mol. The lowest BCUT2D eigenvalue weighted by molar-refractivity contribution is -0.126. The summed E-state index contributed by atoms with van der Waals surface area (Å²) in [6, 6.07) is 13.0. The molecule has 1 saturated heterocycles. The normalized spacial score (nSPS) is 15.9. The van der Waals surface area contributed by atoms with Gasteiger partial charge in [-0.15, -0.1) is 0 Å². The summed E-state index contributed by atoms with van der Waals surface area (Å²) < 4.78 is 12.1. The summed E-state index contributed by atoms with van der Waals surface area (Å²) in [5.74, 6) is -0.664. The molecule has 1 heterocycles. The molecule has 2 aromatic rings. The number of rotatable bonds is 0. The quantitative estimate of drug-likeness (QED) is 0.632. The maximum absolute atomic E-state index is 6.04. The molecule has 0 unspecified atom stereocenters. The van der Waals surface area contributed by atoms with Crippen molar-refractivity contribution in [3.63, 3.8) is 0 Å². The highest BCUT2D eigenvalue weighted by molar-refractivity contribution is 5.80. The zero-order valence-electron chi connectivity index (χ0n) is 15.2. The van der Waals surface area contributed by atoms with Crippen LogP contribution in [0.3, 0.4) is 0 Å². The van der Waals surface area contributed by atoms with Gasteiger partial charge in [-0.05, 0) is 37.1 Å². The van der Waals surface area contributed by atoms with Crippen LogP contribution < -0.4 is 0 Å². The minimum atomic E-state index is -0.664. The van der Waals surface area contributed by atoms with Crippen LogP contribution in [-0.4, -0.2) is 13.2 Å². The van der Waals surface area contributed by atoms with Crippen LogP contribution in [-0.2, 0) is 15.3 Å². The molecule has 1 fully saturated rings. The summed E-state index contributed by atoms with van der Waals surface area (Å²) in [5.41, 5.74) is 7.27. The van der Waals surface area contributed by atoms with Gasteiger partial charge in [0.25, 0.3) is 0 Å². The summed E-state index contributed by atoms with van der Waals surface area (Å²) in [6.45, 7) is 13.5. The van der Waals surface area contributed by atoms with Gasteiger partial charge in [0.15, 0.2) is 0 Å². The second-order valence-electron chi connectivity index (χ2n) is 5.41. The fourth-order valence-electron chi connectivity index (χ4n) is 3.20. The van der Waals surface area contributed by atoms with Gasteiger partial charge in [0.2, 0.25) is 5.79 Å². The topological polar surface area (TPSA) is 18.5 Å². The van der Waals surface area contributed by atoms with Gasteiger partial charge in [0.05, 0.1) is 13.2 Å². The van der Waals surface area contributed by atoms with Crippen LogP contribution in [0.4, 0.5) is 0 Å². The molecule has 23 heavy (non-hydrogen) atoms. The predicted octanol–water partition coefficient (Wildman–Crippen LogP) is 5.58. The molecule has 2 aliphatic rings. The van der Waals surface area contributed by atoms with Crippen LogP contribution in [0.25, 0.3) is 11.1 Å². The highest BCUT2D eigenvalue weighted by Crippen LogP contribution is 2.52. The van der Waals surface area contributed by atoms with Crippen molar-refractivity contribution in [3.05, 3.63) is 58.7 Å². The van der Waals surface area contributed by atoms with E-state index in [-0.39, 0.29) is 0 Å². The summed E-state index contributed by atoms with van der Waals surface area (Å²) in [5, 5.41) is 0. The van der Waals surface area contributed by atoms with Crippen molar-refractivity contribution in [1.82, 2.24) is 0 Å². The van der Waals surface area contributed by atoms with Gasteiger partial charge in [0, 0.05) is 11.1 Å². The molecule has 0 radical (unpaired) electrons. The van der Waals surface area contributed by atoms with Crippen molar-refractivity contribution in [2.45, 2.75) is 47.3 Å². The zero-order valence-corrected chi connectivity index (χ0v) is 15.2. The highest BCUT2D eigenvalue weighted by Gasteiger charge is 2.48. The molecule has 0 aromatic heterocycles. The number of ether oxygens (including phenoxy) is 2. The molecule has 2 aromatic carbocycles. The average molecular weight is 312 g/mol. The molecular formula is C21H28O2. The Labute approximate surface area is 140 Å². The van der Waals surface area contributed by atoms with E-state index in [1.807, 2.05) is 27.7 Å². The fraction of sp³-hybridized carbons (Fsp3) is 0.429. The van der Waals surface area contributed by atoms with E-state index in [1.54, 1.807) is 0 Å². The Morgan fingerprint density at radius 2 is 1.09 bits per heavy atom. The van der Waals surface area contributed by atoms with Gasteiger partial charge in [0.1, 0.15) is 0 Å². The van der Waals surface area contributed by atoms with Gasteiger partial charge in [-0.2, -0.15) is 0 Å². The predicted molar refractivity (Wildman–Crippen MR) is 96.7 cm³/mol. The number of hydrogen-bond acceptors (Lipinski definition) is 2. The SMILES string of the molecule is CC.CC.Cc1ccc2c(c1)C1(OCCO1)c1cc(C)ccc1-2. The largest absolute Gasteiger partial charge is 0.340 e. The van der Waals surface area contributed by atoms with E-state index in [0.29, 0.717) is 13.2 Å². The molecule has 1 aliphatic carbocycles. The third-order valence-electron chi connectivity index (χ3n) is 4.04. The van der Waals surface area contributed by atoms with Crippen LogP contribution in [0.1, 0.15) is 49.9 Å². The Kier molecular flexibility index (Phi) is 5.61. The molecule has 0 amide bonds. The first-order chi connectivity index (χ1) is 11.2. The van der Waals surface area contributed by atoms with Crippen LogP contribution >= 0.6 is 0 Å². The molecule has 124 valence electrons. The minimum Gasteiger partial charge on any atom is -0.340 e. The van der Waals surface area contributed by atoms with Gasteiger partial charge < -0.3 is 9.47 Å². The van der Waals surface area contributed by atoms with E-state index in [1.165, 1.54) is 22.3 Å². The summed E-state index contributed by atoms with van der Waals surface area (Å²) in [7, 11) is 0. The van der Waals surface area contributed by atoms with E-state index >= 15 is 0 Å². The first kappa shape index (κ1) is 17.7. The third kappa shape index (κ3) is 2.82. The Hall–Kier alpha value is -1.64. The van der Waals surface area contributed by atoms with Gasteiger partial charge >= 0.3 is 0 Å². The molecular weight excluding hydrogens is 284 g/mol. The van der Waals surface area contributed by atoms with Crippen molar-refractivity contribution in [2.75, 3.05) is 13.2 Å². The summed E-state index contributed by atoms with van der Waals surface area (Å²) in [6.07, 6.45) is 0. The summed E-state index contributed by atoms with van der Waals surface area (Å²) >= 11 is 0. The highest BCUT2D eigenvalue weighted by atomic mass is 16.7. The van der Waals surface area contributed by atoms with Crippen LogP contribution in [0.2, 0.25) is 0 Å². The number of benzene rings is 2. The van der Waals surface area contributed by atoms with Gasteiger partial charge in [-0.1, -0.05) is 63.1 Å². The third-order valence-corrected chi connectivity index (χ3v) is 4.04. The van der Waals surface area contributed by atoms with E-state index in [4.69, 9.17) is 9.47 Å². The fourth-order valence-corrected chi connectivity index (χ4v) is 3.20. The molecule has 0 atom stereocenters. The number of hydrogen-bond donors (Lipinski definition) is 0. The lowest BCUT2D eigenvalue weighted by Crippen LogP contribution is -2.26. The molecule has 1 aliphatic heterocycles. The summed E-state index contributed by atoms with van der Waals surface area (Å²) in [4.78, 5) is 0. The minimum absolute atomic E-state index is 0.654. The molecule has 0 saturated carbocycles. The maximum Gasteiger partial charge on any atom is 0.223 e. The first-order valence-corrected chi connectivity index (χ1v) is 8.71. The van der Waals surface area contributed by atoms with Crippen molar-refractivity contribution < 1.29 is 9.47 Å². The Balaban J connectivity index is 0.000000448. The number of aryl methyl sites for hydroxylation is 2. The maximum atomic E-state index is 6.04. The van der Waals surface area contributed by atoms with Crippen molar-refractivity contribution in [3.8, 4) is 11.1 Å². The van der Waals surface area contributed by atoms with Crippen LogP contribution in [0.15, 0.2) is 36.4 Å². The van der Waals surface area contributed by atoms with Gasteiger partial charge in [-0.3, -0.25) is 0 Å². The zero-order chi connectivity index (χ0) is 17.0. The lowest BCUT2D eigenvalue weighted by atomic mass is 10.0. The molecule has 1 spiro atoms. The van der Waals surface area contributed by atoms with Crippen LogP contribution in [0.5, 0.6) is 0 Å². The van der Waals surface area contributed by atoms with Crippen molar-refractivity contribution in [1.29, 1.82) is 0 Å². The van der Waals surface area contributed by atoms with E-state index < -0.39 is 5.79 Å². The smallest absolute Gasteiger partial charge is 0.223 e. The Morgan fingerprint density at radius 1 is 0.696 bits per heavy atom. The molecule has 2 nitrogen and oxygen atoms in total. The van der Waals surface area contributed by atoms with E-state index in [2.05, 4.69) is 50.2 Å². The van der Waals surface area contributed by atoms with Crippen LogP contribution in [0, 0.1) is 13.8 Å². The molecule has 0 N–H and O–H groups in total. The first-order valence-electron chi connectivity index (χ1n) is 8.71. The van der Waals surface area contributed by atoms with Gasteiger partial charge in [-0.25, -0.2) is 0 Å². The second kappa shape index (κ2) is 7.29. The molecule has 4 rings (SSSR count). The van der Waals surface area contributed by atoms with E-state index in [9.17, 15) is 0 Å². The van der Waals surface area contributed by atoms with E-state index in [0.717, 1.165) is 11.1 Å². The lowest BCUT2D eigenvalue weighted by Gasteiger charge is -2.25. The Morgan fingerprint density at radius 3 is 1.48 bits per heavy atom. The molecule has 0 bridgehead atoms. The average Bonchev–Trinajstić information content (AvgIpc) is 3.18. The molecule has 2 heteroatoms.